The Morgan fingerprint density at radius 2 is 1.76 bits per heavy atom. The van der Waals surface area contributed by atoms with E-state index in [0.29, 0.717) is 0 Å². The first-order valence-electron chi connectivity index (χ1n) is 5.22. The molecule has 0 aromatic carbocycles. The molecule has 0 saturated heterocycles. The van der Waals surface area contributed by atoms with Crippen LogP contribution in [0, 0.1) is 11.5 Å². The molecule has 1 unspecified atom stereocenters. The normalized spacial score (nSPS) is 25.6. The van der Waals surface area contributed by atoms with E-state index >= 15 is 0 Å². The van der Waals surface area contributed by atoms with Crippen LogP contribution < -0.4 is 24.8 Å². The number of hydrogen-bond donors (Lipinski definition) is 0. The van der Waals surface area contributed by atoms with E-state index in [1.165, 1.54) is 22.3 Å². The molecule has 0 amide bonds. The first-order valence-corrected chi connectivity index (χ1v) is 5.22. The summed E-state index contributed by atoms with van der Waals surface area (Å²) >= 11 is 0. The van der Waals surface area contributed by atoms with Gasteiger partial charge < -0.3 is 24.8 Å². The molecule has 0 heterocycles. The molecule has 2 rings (SSSR count). The summed E-state index contributed by atoms with van der Waals surface area (Å²) in [5.74, 6) is 0. The second kappa shape index (κ2) is 7.12. The first-order chi connectivity index (χ1) is 6.55. The maximum absolute atomic E-state index is 3.61. The third-order valence-corrected chi connectivity index (χ3v) is 3.73. The van der Waals surface area contributed by atoms with Crippen molar-refractivity contribution < 1.29 is 51.0 Å². The largest absolute Gasteiger partial charge is 3.00 e. The van der Waals surface area contributed by atoms with Crippen molar-refractivity contribution in [1.29, 1.82) is 0 Å². The van der Waals surface area contributed by atoms with Crippen LogP contribution in [0.5, 0.6) is 0 Å². The van der Waals surface area contributed by atoms with Gasteiger partial charge >= 0.3 is 26.2 Å². The van der Waals surface area contributed by atoms with E-state index in [-0.39, 0.29) is 56.4 Å². The van der Waals surface area contributed by atoms with Gasteiger partial charge in [-0.05, 0) is 6.42 Å². The van der Waals surface area contributed by atoms with E-state index in [2.05, 4.69) is 52.0 Å². The summed E-state index contributed by atoms with van der Waals surface area (Å²) in [6, 6.07) is 0. The minimum atomic E-state index is 0. The van der Waals surface area contributed by atoms with E-state index in [9.17, 15) is 0 Å². The van der Waals surface area contributed by atoms with E-state index in [1.54, 1.807) is 0 Å². The molecule has 1 radical (unpaired) electrons. The van der Waals surface area contributed by atoms with Gasteiger partial charge in [-0.15, -0.1) is 6.92 Å². The van der Waals surface area contributed by atoms with Crippen LogP contribution in [0.4, 0.5) is 0 Å². The van der Waals surface area contributed by atoms with Gasteiger partial charge in [-0.25, -0.2) is 5.57 Å². The molecule has 0 bridgehead atoms. The van der Waals surface area contributed by atoms with Gasteiger partial charge in [0, 0.05) is 0 Å². The van der Waals surface area contributed by atoms with Gasteiger partial charge in [0.1, 0.15) is 0 Å². The SMILES string of the molecule is CC1=[C-]C(C)(C2=CC=CC2)C(C)=C1C.[Cl-].[Cl-].[Zr+3]. The summed E-state index contributed by atoms with van der Waals surface area (Å²) in [4.78, 5) is 0. The van der Waals surface area contributed by atoms with Crippen molar-refractivity contribution >= 4 is 0 Å². The van der Waals surface area contributed by atoms with Gasteiger partial charge in [0.05, 0.1) is 0 Å². The Bertz CT molecular complexity index is 402. The molecule has 2 aliphatic carbocycles. The van der Waals surface area contributed by atoms with E-state index in [1.807, 2.05) is 0 Å². The van der Waals surface area contributed by atoms with Crippen molar-refractivity contribution in [1.82, 2.24) is 0 Å². The molecule has 0 aromatic heterocycles. The van der Waals surface area contributed by atoms with Crippen molar-refractivity contribution in [2.45, 2.75) is 34.1 Å². The van der Waals surface area contributed by atoms with Gasteiger partial charge in [-0.2, -0.15) is 11.1 Å². The Kier molecular flexibility index (Phi) is 8.27. The standard InChI is InChI=1S/C14H17.2ClH.Zr/c1-10-9-14(4,12(3)11(10)2)13-7-5-6-8-13;;;/h5-7H,8H2,1-4H3;2*1H;/q-1;;;+3/p-2. The van der Waals surface area contributed by atoms with Crippen LogP contribution in [0.3, 0.4) is 0 Å². The maximum Gasteiger partial charge on any atom is 3.00 e. The minimum Gasteiger partial charge on any atom is -1.00 e. The number of allylic oxidation sites excluding steroid dienone is 8. The zero-order valence-electron chi connectivity index (χ0n) is 10.7. The molecular weight excluding hydrogens is 330 g/mol. The Balaban J connectivity index is 0. The third kappa shape index (κ3) is 3.25. The number of halogens is 2. The fourth-order valence-electron chi connectivity index (χ4n) is 2.36. The van der Waals surface area contributed by atoms with Crippen molar-refractivity contribution in [3.8, 4) is 0 Å². The fraction of sp³-hybridized carbons (Fsp3) is 0.429. The minimum absolute atomic E-state index is 0. The molecule has 0 fully saturated rings. The topological polar surface area (TPSA) is 0 Å². The molecule has 2 aliphatic rings. The van der Waals surface area contributed by atoms with Crippen molar-refractivity contribution in [3.05, 3.63) is 46.6 Å². The van der Waals surface area contributed by atoms with Crippen LogP contribution in [0.1, 0.15) is 34.1 Å². The fourth-order valence-corrected chi connectivity index (χ4v) is 2.36. The molecule has 0 saturated carbocycles. The monoisotopic (exact) mass is 345 g/mol. The number of hydrogen-bond acceptors (Lipinski definition) is 0. The summed E-state index contributed by atoms with van der Waals surface area (Å²) in [6.45, 7) is 8.87. The average Bonchev–Trinajstić information content (AvgIpc) is 2.73. The van der Waals surface area contributed by atoms with Crippen LogP contribution in [0.15, 0.2) is 40.5 Å². The van der Waals surface area contributed by atoms with Crippen LogP contribution in [-0.2, 0) is 26.2 Å². The second-order valence-electron chi connectivity index (χ2n) is 4.45. The van der Waals surface area contributed by atoms with E-state index < -0.39 is 0 Å². The van der Waals surface area contributed by atoms with Crippen LogP contribution in [-0.4, -0.2) is 0 Å². The predicted molar refractivity (Wildman–Crippen MR) is 60.8 cm³/mol. The molecule has 0 spiro atoms. The van der Waals surface area contributed by atoms with Crippen molar-refractivity contribution in [2.75, 3.05) is 0 Å². The van der Waals surface area contributed by atoms with Crippen molar-refractivity contribution in [3.63, 3.8) is 0 Å². The molecule has 1 atom stereocenters. The predicted octanol–water partition coefficient (Wildman–Crippen LogP) is -2.02. The molecular formula is C14H17Cl2Zr. The first kappa shape index (κ1) is 19.8. The summed E-state index contributed by atoms with van der Waals surface area (Å²) in [5, 5.41) is 0. The quantitative estimate of drug-likeness (QED) is 0.481. The van der Waals surface area contributed by atoms with Crippen LogP contribution >= 0.6 is 0 Å². The summed E-state index contributed by atoms with van der Waals surface area (Å²) in [6.07, 6.45) is 11.3. The van der Waals surface area contributed by atoms with Gasteiger partial charge in [0.2, 0.25) is 0 Å². The zero-order chi connectivity index (χ0) is 10.3. The van der Waals surface area contributed by atoms with E-state index in [4.69, 9.17) is 0 Å². The van der Waals surface area contributed by atoms with Gasteiger partial charge in [0.15, 0.2) is 0 Å². The Morgan fingerprint density at radius 3 is 2.12 bits per heavy atom. The molecule has 0 aliphatic heterocycles. The summed E-state index contributed by atoms with van der Waals surface area (Å²) in [7, 11) is 0. The smallest absolute Gasteiger partial charge is 1.00 e. The molecule has 3 heteroatoms. The summed E-state index contributed by atoms with van der Waals surface area (Å²) < 4.78 is 0. The average molecular weight is 347 g/mol. The molecule has 0 N–H and O–H groups in total. The Labute approximate surface area is 136 Å². The summed E-state index contributed by atoms with van der Waals surface area (Å²) in [5.41, 5.74) is 5.74. The maximum atomic E-state index is 3.61. The molecule has 0 nitrogen and oxygen atoms in total. The molecule has 0 aromatic rings. The van der Waals surface area contributed by atoms with Gasteiger partial charge in [-0.1, -0.05) is 50.0 Å². The van der Waals surface area contributed by atoms with Crippen molar-refractivity contribution in [2.24, 2.45) is 5.41 Å². The van der Waals surface area contributed by atoms with Gasteiger partial charge in [-0.3, -0.25) is 6.08 Å². The zero-order valence-corrected chi connectivity index (χ0v) is 14.7. The van der Waals surface area contributed by atoms with Crippen LogP contribution in [0.2, 0.25) is 0 Å². The van der Waals surface area contributed by atoms with E-state index in [0.717, 1.165) is 6.42 Å². The van der Waals surface area contributed by atoms with Crippen LogP contribution in [0.25, 0.3) is 0 Å². The molecule has 91 valence electrons. The second-order valence-corrected chi connectivity index (χ2v) is 4.45. The van der Waals surface area contributed by atoms with Gasteiger partial charge in [0.25, 0.3) is 0 Å². The number of rotatable bonds is 1. The Hall–Kier alpha value is 0.423. The molecule has 17 heavy (non-hydrogen) atoms. The Morgan fingerprint density at radius 1 is 1.18 bits per heavy atom. The third-order valence-electron chi connectivity index (χ3n) is 3.73.